The van der Waals surface area contributed by atoms with Crippen LogP contribution in [0.25, 0.3) is 0 Å². The molecular formula is C16H22N2O3. The van der Waals surface area contributed by atoms with Crippen LogP contribution in [-0.4, -0.2) is 18.8 Å². The second-order valence-corrected chi connectivity index (χ2v) is 4.83. The van der Waals surface area contributed by atoms with E-state index in [4.69, 9.17) is 14.0 Å². The number of benzene rings is 1. The molecule has 1 aromatic carbocycles. The molecule has 1 aromatic heterocycles. The summed E-state index contributed by atoms with van der Waals surface area (Å²) in [5, 5.41) is 7.31. The van der Waals surface area contributed by atoms with Crippen molar-refractivity contribution < 1.29 is 14.0 Å². The van der Waals surface area contributed by atoms with Gasteiger partial charge in [-0.05, 0) is 30.7 Å². The second kappa shape index (κ2) is 8.44. The first-order valence-corrected chi connectivity index (χ1v) is 7.17. The van der Waals surface area contributed by atoms with Crippen LogP contribution in [0, 0.1) is 0 Å². The zero-order valence-electron chi connectivity index (χ0n) is 12.6. The molecule has 0 bridgehead atoms. The predicted octanol–water partition coefficient (Wildman–Crippen LogP) is 2.90. The van der Waals surface area contributed by atoms with Gasteiger partial charge >= 0.3 is 0 Å². The third-order valence-electron chi connectivity index (χ3n) is 2.94. The van der Waals surface area contributed by atoms with E-state index < -0.39 is 0 Å². The van der Waals surface area contributed by atoms with Crippen molar-refractivity contribution >= 4 is 0 Å². The molecule has 5 heteroatoms. The summed E-state index contributed by atoms with van der Waals surface area (Å²) in [5.74, 6) is 1.54. The fourth-order valence-corrected chi connectivity index (χ4v) is 1.95. The highest BCUT2D eigenvalue weighted by Gasteiger charge is 2.05. The molecule has 0 radical (unpaired) electrons. The van der Waals surface area contributed by atoms with E-state index >= 15 is 0 Å². The second-order valence-electron chi connectivity index (χ2n) is 4.83. The third-order valence-corrected chi connectivity index (χ3v) is 2.94. The number of methoxy groups -OCH3 is 1. The topological polar surface area (TPSA) is 56.5 Å². The van der Waals surface area contributed by atoms with Gasteiger partial charge in [0, 0.05) is 19.7 Å². The van der Waals surface area contributed by atoms with Crippen molar-refractivity contribution in [2.75, 3.05) is 13.7 Å². The number of aromatic nitrogens is 1. The van der Waals surface area contributed by atoms with Crippen molar-refractivity contribution in [1.29, 1.82) is 0 Å². The normalized spacial score (nSPS) is 10.8. The van der Waals surface area contributed by atoms with E-state index in [2.05, 4.69) is 23.5 Å². The Labute approximate surface area is 125 Å². The molecule has 1 heterocycles. The van der Waals surface area contributed by atoms with Crippen LogP contribution in [0.15, 0.2) is 34.9 Å². The minimum absolute atomic E-state index is 0.388. The zero-order valence-corrected chi connectivity index (χ0v) is 12.6. The van der Waals surface area contributed by atoms with Crippen molar-refractivity contribution in [1.82, 2.24) is 10.5 Å². The third kappa shape index (κ3) is 5.21. The summed E-state index contributed by atoms with van der Waals surface area (Å²) < 4.78 is 15.8. The van der Waals surface area contributed by atoms with E-state index in [1.165, 1.54) is 5.56 Å². The Morgan fingerprint density at radius 2 is 2.14 bits per heavy atom. The van der Waals surface area contributed by atoms with E-state index in [9.17, 15) is 0 Å². The summed E-state index contributed by atoms with van der Waals surface area (Å²) in [6.07, 6.45) is 1.13. The molecule has 2 rings (SSSR count). The fraction of sp³-hybridized carbons (Fsp3) is 0.438. The average molecular weight is 290 g/mol. The van der Waals surface area contributed by atoms with E-state index in [-0.39, 0.29) is 0 Å². The Morgan fingerprint density at radius 3 is 2.95 bits per heavy atom. The molecule has 1 N–H and O–H groups in total. The number of nitrogens with one attached hydrogen (secondary N) is 1. The molecule has 0 saturated carbocycles. The predicted molar refractivity (Wildman–Crippen MR) is 80.0 cm³/mol. The Morgan fingerprint density at radius 1 is 1.24 bits per heavy atom. The van der Waals surface area contributed by atoms with Gasteiger partial charge in [0.1, 0.15) is 24.7 Å². The fourth-order valence-electron chi connectivity index (χ4n) is 1.95. The average Bonchev–Trinajstić information content (AvgIpc) is 2.94. The van der Waals surface area contributed by atoms with Gasteiger partial charge in [-0.2, -0.15) is 0 Å². The molecule has 21 heavy (non-hydrogen) atoms. The van der Waals surface area contributed by atoms with E-state index in [1.807, 2.05) is 24.3 Å². The minimum Gasteiger partial charge on any atom is -0.487 e. The highest BCUT2D eigenvalue weighted by Crippen LogP contribution is 2.15. The lowest BCUT2D eigenvalue weighted by atomic mass is 10.2. The van der Waals surface area contributed by atoms with Crippen molar-refractivity contribution in [2.45, 2.75) is 33.1 Å². The Bertz CT molecular complexity index is 540. The highest BCUT2D eigenvalue weighted by atomic mass is 16.5. The van der Waals surface area contributed by atoms with Gasteiger partial charge in [-0.1, -0.05) is 24.2 Å². The van der Waals surface area contributed by atoms with Crippen LogP contribution in [0.5, 0.6) is 5.75 Å². The molecule has 0 spiro atoms. The number of hydrogen-bond acceptors (Lipinski definition) is 5. The lowest BCUT2D eigenvalue weighted by Crippen LogP contribution is -2.13. The van der Waals surface area contributed by atoms with E-state index in [0.29, 0.717) is 19.0 Å². The van der Waals surface area contributed by atoms with Crippen LogP contribution in [0.4, 0.5) is 0 Å². The van der Waals surface area contributed by atoms with E-state index in [1.54, 1.807) is 7.11 Å². The van der Waals surface area contributed by atoms with Crippen LogP contribution in [-0.2, 0) is 24.5 Å². The van der Waals surface area contributed by atoms with Crippen molar-refractivity contribution in [3.63, 3.8) is 0 Å². The highest BCUT2D eigenvalue weighted by molar-refractivity contribution is 5.28. The Balaban J connectivity index is 1.85. The van der Waals surface area contributed by atoms with Crippen molar-refractivity contribution in [3.05, 3.63) is 47.3 Å². The van der Waals surface area contributed by atoms with Crippen LogP contribution in [0.3, 0.4) is 0 Å². The molecule has 0 aliphatic carbocycles. The quantitative estimate of drug-likeness (QED) is 0.720. The van der Waals surface area contributed by atoms with Crippen LogP contribution in [0.2, 0.25) is 0 Å². The molecule has 114 valence electrons. The largest absolute Gasteiger partial charge is 0.487 e. The zero-order chi connectivity index (χ0) is 14.9. The summed E-state index contributed by atoms with van der Waals surface area (Å²) in [5.41, 5.74) is 1.97. The SMILES string of the molecule is CCCNCc1cccc(OCc2cc(COC)on2)c1. The van der Waals surface area contributed by atoms with E-state index in [0.717, 1.165) is 31.0 Å². The summed E-state index contributed by atoms with van der Waals surface area (Å²) >= 11 is 0. The molecule has 0 aliphatic rings. The van der Waals surface area contributed by atoms with Gasteiger partial charge in [0.05, 0.1) is 0 Å². The number of ether oxygens (including phenoxy) is 2. The maximum Gasteiger partial charge on any atom is 0.162 e. The lowest BCUT2D eigenvalue weighted by molar-refractivity contribution is 0.155. The Hall–Kier alpha value is -1.85. The summed E-state index contributed by atoms with van der Waals surface area (Å²) in [7, 11) is 1.62. The van der Waals surface area contributed by atoms with Crippen molar-refractivity contribution in [2.24, 2.45) is 0 Å². The molecule has 0 saturated heterocycles. The van der Waals surface area contributed by atoms with Crippen LogP contribution >= 0.6 is 0 Å². The van der Waals surface area contributed by atoms with Gasteiger partial charge in [0.25, 0.3) is 0 Å². The van der Waals surface area contributed by atoms with Crippen molar-refractivity contribution in [3.8, 4) is 5.75 Å². The van der Waals surface area contributed by atoms with Crippen LogP contribution < -0.4 is 10.1 Å². The molecule has 2 aromatic rings. The summed E-state index contributed by atoms with van der Waals surface area (Å²) in [6, 6.07) is 9.91. The van der Waals surface area contributed by atoms with Gasteiger partial charge < -0.3 is 19.3 Å². The molecule has 0 amide bonds. The maximum atomic E-state index is 5.74. The standard InChI is InChI=1S/C16H22N2O3/c1-3-7-17-10-13-5-4-6-15(8-13)20-11-14-9-16(12-19-2)21-18-14/h4-6,8-9,17H,3,7,10-12H2,1-2H3. The number of hydrogen-bond donors (Lipinski definition) is 1. The molecular weight excluding hydrogens is 268 g/mol. The molecule has 0 fully saturated rings. The summed E-state index contributed by atoms with van der Waals surface area (Å²) in [4.78, 5) is 0. The first-order chi connectivity index (χ1) is 10.3. The minimum atomic E-state index is 0.388. The number of rotatable bonds is 9. The van der Waals surface area contributed by atoms with Gasteiger partial charge in [0.2, 0.25) is 0 Å². The smallest absolute Gasteiger partial charge is 0.162 e. The van der Waals surface area contributed by atoms with Gasteiger partial charge in [0.15, 0.2) is 5.76 Å². The molecule has 0 unspecified atom stereocenters. The summed E-state index contributed by atoms with van der Waals surface area (Å²) in [6.45, 7) is 4.84. The molecule has 0 aliphatic heterocycles. The van der Waals surface area contributed by atoms with Gasteiger partial charge in [-0.3, -0.25) is 0 Å². The first kappa shape index (κ1) is 15.5. The lowest BCUT2D eigenvalue weighted by Gasteiger charge is -2.07. The monoisotopic (exact) mass is 290 g/mol. The van der Waals surface area contributed by atoms with Gasteiger partial charge in [-0.25, -0.2) is 0 Å². The number of nitrogens with zero attached hydrogens (tertiary/aromatic N) is 1. The molecule has 0 atom stereocenters. The Kier molecular flexibility index (Phi) is 6.24. The first-order valence-electron chi connectivity index (χ1n) is 7.17. The maximum absolute atomic E-state index is 5.74. The van der Waals surface area contributed by atoms with Crippen LogP contribution in [0.1, 0.15) is 30.4 Å². The van der Waals surface area contributed by atoms with Gasteiger partial charge in [-0.15, -0.1) is 0 Å². The molecule has 5 nitrogen and oxygen atoms in total.